The molecule has 1 aromatic carbocycles. The summed E-state index contributed by atoms with van der Waals surface area (Å²) in [6.45, 7) is 3.78. The second kappa shape index (κ2) is 3.58. The van der Waals surface area contributed by atoms with Gasteiger partial charge in [-0.15, -0.1) is 0 Å². The molecule has 1 radical (unpaired) electrons. The molecule has 69 valence electrons. The predicted octanol–water partition coefficient (Wildman–Crippen LogP) is 3.07. The molecule has 2 heteroatoms. The van der Waals surface area contributed by atoms with E-state index in [4.69, 9.17) is 0 Å². The van der Waals surface area contributed by atoms with Crippen LogP contribution in [-0.2, 0) is 0 Å². The Bertz CT molecular complexity index is 434. The number of benzene rings is 1. The van der Waals surface area contributed by atoms with Gasteiger partial charge in [-0.05, 0) is 18.6 Å². The average molecular weight is 186 g/mol. The first-order valence-corrected chi connectivity index (χ1v) is 4.30. The molecular formula is C12H9FN. The SMILES string of the molecule is [CH2]c1ccc(-c2cc(F)ccn2)cc1. The summed E-state index contributed by atoms with van der Waals surface area (Å²) in [5.74, 6) is -0.270. The van der Waals surface area contributed by atoms with Crippen LogP contribution in [0.25, 0.3) is 11.3 Å². The van der Waals surface area contributed by atoms with E-state index in [1.54, 1.807) is 0 Å². The Labute approximate surface area is 82.2 Å². The van der Waals surface area contributed by atoms with E-state index in [2.05, 4.69) is 11.9 Å². The molecule has 2 aromatic rings. The second-order valence-electron chi connectivity index (χ2n) is 3.06. The second-order valence-corrected chi connectivity index (χ2v) is 3.06. The van der Waals surface area contributed by atoms with Crippen LogP contribution >= 0.6 is 0 Å². The lowest BCUT2D eigenvalue weighted by Crippen LogP contribution is -1.84. The van der Waals surface area contributed by atoms with Crippen LogP contribution in [0.3, 0.4) is 0 Å². The Balaban J connectivity index is 2.44. The molecule has 0 saturated carbocycles. The fourth-order valence-electron chi connectivity index (χ4n) is 1.24. The van der Waals surface area contributed by atoms with Gasteiger partial charge in [0.15, 0.2) is 0 Å². The number of halogens is 1. The summed E-state index contributed by atoms with van der Waals surface area (Å²) in [5, 5.41) is 0. The van der Waals surface area contributed by atoms with Gasteiger partial charge in [-0.2, -0.15) is 0 Å². The number of hydrogen-bond acceptors (Lipinski definition) is 1. The Morgan fingerprint density at radius 1 is 1.07 bits per heavy atom. The van der Waals surface area contributed by atoms with E-state index < -0.39 is 0 Å². The van der Waals surface area contributed by atoms with Gasteiger partial charge < -0.3 is 0 Å². The molecule has 0 aliphatic heterocycles. The third kappa shape index (κ3) is 1.79. The van der Waals surface area contributed by atoms with E-state index >= 15 is 0 Å². The first-order chi connectivity index (χ1) is 6.75. The molecule has 0 amide bonds. The summed E-state index contributed by atoms with van der Waals surface area (Å²) >= 11 is 0. The zero-order chi connectivity index (χ0) is 9.97. The third-order valence-corrected chi connectivity index (χ3v) is 1.97. The average Bonchev–Trinajstić information content (AvgIpc) is 2.19. The van der Waals surface area contributed by atoms with Gasteiger partial charge >= 0.3 is 0 Å². The van der Waals surface area contributed by atoms with Crippen molar-refractivity contribution in [3.05, 3.63) is 60.9 Å². The minimum Gasteiger partial charge on any atom is -0.256 e. The Morgan fingerprint density at radius 2 is 1.79 bits per heavy atom. The molecule has 1 aromatic heterocycles. The maximum absolute atomic E-state index is 12.9. The first-order valence-electron chi connectivity index (χ1n) is 4.30. The third-order valence-electron chi connectivity index (χ3n) is 1.97. The predicted molar refractivity (Wildman–Crippen MR) is 54.1 cm³/mol. The van der Waals surface area contributed by atoms with E-state index in [9.17, 15) is 4.39 Å². The van der Waals surface area contributed by atoms with Gasteiger partial charge in [0.2, 0.25) is 0 Å². The van der Waals surface area contributed by atoms with Gasteiger partial charge in [-0.3, -0.25) is 4.98 Å². The summed E-state index contributed by atoms with van der Waals surface area (Å²) in [6.07, 6.45) is 1.46. The van der Waals surface area contributed by atoms with Crippen molar-refractivity contribution in [3.63, 3.8) is 0 Å². The topological polar surface area (TPSA) is 12.9 Å². The summed E-state index contributed by atoms with van der Waals surface area (Å²) in [6, 6.07) is 10.3. The largest absolute Gasteiger partial charge is 0.256 e. The lowest BCUT2D eigenvalue weighted by Gasteiger charge is -2.00. The van der Waals surface area contributed by atoms with Crippen molar-refractivity contribution in [2.75, 3.05) is 0 Å². The van der Waals surface area contributed by atoms with Crippen LogP contribution in [0.15, 0.2) is 42.6 Å². The smallest absolute Gasteiger partial charge is 0.126 e. The number of hydrogen-bond donors (Lipinski definition) is 0. The molecule has 0 unspecified atom stereocenters. The highest BCUT2D eigenvalue weighted by molar-refractivity contribution is 5.59. The molecule has 2 rings (SSSR count). The van der Waals surface area contributed by atoms with Crippen LogP contribution in [0.2, 0.25) is 0 Å². The fourth-order valence-corrected chi connectivity index (χ4v) is 1.24. The van der Waals surface area contributed by atoms with Crippen molar-refractivity contribution in [3.8, 4) is 11.3 Å². The van der Waals surface area contributed by atoms with Crippen molar-refractivity contribution in [2.45, 2.75) is 0 Å². The highest BCUT2D eigenvalue weighted by Gasteiger charge is 1.99. The van der Waals surface area contributed by atoms with E-state index in [0.717, 1.165) is 11.1 Å². The molecule has 1 nitrogen and oxygen atoms in total. The van der Waals surface area contributed by atoms with E-state index in [0.29, 0.717) is 5.69 Å². The Hall–Kier alpha value is -1.70. The monoisotopic (exact) mass is 186 g/mol. The molecule has 0 N–H and O–H groups in total. The van der Waals surface area contributed by atoms with Crippen molar-refractivity contribution in [1.29, 1.82) is 0 Å². The molecule has 0 atom stereocenters. The molecule has 0 bridgehead atoms. The quantitative estimate of drug-likeness (QED) is 0.667. The fraction of sp³-hybridized carbons (Fsp3) is 0. The highest BCUT2D eigenvalue weighted by atomic mass is 19.1. The molecule has 0 aliphatic carbocycles. The van der Waals surface area contributed by atoms with Crippen LogP contribution < -0.4 is 0 Å². The lowest BCUT2D eigenvalue weighted by atomic mass is 10.1. The molecule has 0 aliphatic rings. The van der Waals surface area contributed by atoms with Crippen molar-refractivity contribution in [1.82, 2.24) is 4.98 Å². The maximum atomic E-state index is 12.9. The van der Waals surface area contributed by atoms with Crippen LogP contribution in [0.1, 0.15) is 5.56 Å². The zero-order valence-corrected chi connectivity index (χ0v) is 7.57. The lowest BCUT2D eigenvalue weighted by molar-refractivity contribution is 0.626. The molecular weight excluding hydrogens is 177 g/mol. The van der Waals surface area contributed by atoms with Gasteiger partial charge in [0.25, 0.3) is 0 Å². The minimum atomic E-state index is -0.270. The van der Waals surface area contributed by atoms with Crippen LogP contribution in [-0.4, -0.2) is 4.98 Å². The molecule has 0 fully saturated rings. The number of pyridine rings is 1. The van der Waals surface area contributed by atoms with E-state index in [1.807, 2.05) is 24.3 Å². The van der Waals surface area contributed by atoms with Crippen LogP contribution in [0.4, 0.5) is 4.39 Å². The normalized spacial score (nSPS) is 10.1. The summed E-state index contributed by atoms with van der Waals surface area (Å²) < 4.78 is 12.9. The van der Waals surface area contributed by atoms with Gasteiger partial charge in [0, 0.05) is 17.8 Å². The molecule has 0 spiro atoms. The standard InChI is InChI=1S/C12H9FN/c1-9-2-4-10(5-3-9)12-8-11(13)6-7-14-12/h2-8H,1H2. The first kappa shape index (κ1) is 8.88. The minimum absolute atomic E-state index is 0.270. The zero-order valence-electron chi connectivity index (χ0n) is 7.57. The Kier molecular flexibility index (Phi) is 2.27. The molecule has 0 saturated heterocycles. The van der Waals surface area contributed by atoms with Crippen molar-refractivity contribution < 1.29 is 4.39 Å². The summed E-state index contributed by atoms with van der Waals surface area (Å²) in [5.41, 5.74) is 2.48. The van der Waals surface area contributed by atoms with Gasteiger partial charge in [-0.25, -0.2) is 4.39 Å². The molecule has 1 heterocycles. The summed E-state index contributed by atoms with van der Waals surface area (Å²) in [4.78, 5) is 4.08. The van der Waals surface area contributed by atoms with Crippen molar-refractivity contribution >= 4 is 0 Å². The molecule has 14 heavy (non-hydrogen) atoms. The summed E-state index contributed by atoms with van der Waals surface area (Å²) in [7, 11) is 0. The van der Waals surface area contributed by atoms with Gasteiger partial charge in [0.1, 0.15) is 5.82 Å². The highest BCUT2D eigenvalue weighted by Crippen LogP contribution is 2.17. The Morgan fingerprint density at radius 3 is 2.43 bits per heavy atom. The van der Waals surface area contributed by atoms with Gasteiger partial charge in [0.05, 0.1) is 5.69 Å². The number of rotatable bonds is 1. The van der Waals surface area contributed by atoms with E-state index in [-0.39, 0.29) is 5.82 Å². The van der Waals surface area contributed by atoms with E-state index in [1.165, 1.54) is 18.3 Å². The van der Waals surface area contributed by atoms with Gasteiger partial charge in [-0.1, -0.05) is 24.3 Å². The van der Waals surface area contributed by atoms with Crippen LogP contribution in [0.5, 0.6) is 0 Å². The number of aromatic nitrogens is 1. The maximum Gasteiger partial charge on any atom is 0.126 e. The number of nitrogens with zero attached hydrogens (tertiary/aromatic N) is 1. The van der Waals surface area contributed by atoms with Crippen molar-refractivity contribution in [2.24, 2.45) is 0 Å². The van der Waals surface area contributed by atoms with Crippen LogP contribution in [0, 0.1) is 12.7 Å².